The molecule has 4 heteroatoms. The second kappa shape index (κ2) is 3.36. The highest BCUT2D eigenvalue weighted by Crippen LogP contribution is 2.27. The molecule has 0 N–H and O–H groups in total. The minimum absolute atomic E-state index is 0.0924. The molecule has 1 aromatic rings. The van der Waals surface area contributed by atoms with Crippen LogP contribution in [0.25, 0.3) is 5.57 Å². The van der Waals surface area contributed by atoms with Crippen LogP contribution < -0.4 is 0 Å². The van der Waals surface area contributed by atoms with Crippen molar-refractivity contribution in [2.75, 3.05) is 0 Å². The first-order valence-corrected chi connectivity index (χ1v) is 4.89. The fourth-order valence-electron chi connectivity index (χ4n) is 1.72. The van der Waals surface area contributed by atoms with Gasteiger partial charge in [-0.05, 0) is 18.4 Å². The van der Waals surface area contributed by atoms with E-state index >= 15 is 0 Å². The molecule has 74 valence electrons. The van der Waals surface area contributed by atoms with Crippen molar-refractivity contribution in [1.82, 2.24) is 15.0 Å². The Bertz CT molecular complexity index is 392. The Morgan fingerprint density at radius 2 is 2.29 bits per heavy atom. The fourth-order valence-corrected chi connectivity index (χ4v) is 1.72. The van der Waals surface area contributed by atoms with Crippen molar-refractivity contribution >= 4 is 11.4 Å². The summed E-state index contributed by atoms with van der Waals surface area (Å²) in [5, 5.41) is 7.88. The number of carbonyl (C=O) groups is 1. The maximum absolute atomic E-state index is 11.5. The summed E-state index contributed by atoms with van der Waals surface area (Å²) in [6, 6.07) is 0. The van der Waals surface area contributed by atoms with Crippen LogP contribution in [-0.4, -0.2) is 20.8 Å². The number of ketones is 1. The third-order valence-electron chi connectivity index (χ3n) is 2.42. The van der Waals surface area contributed by atoms with Crippen LogP contribution in [0.2, 0.25) is 0 Å². The standard InChI is InChI=1S/C10H13N3O/c1-3-6-13-10-7(2)4-5-8(14)9(10)11-12-13/h2-6H2,1H3. The normalized spacial score (nSPS) is 15.8. The Hall–Kier alpha value is -1.45. The maximum Gasteiger partial charge on any atom is 0.185 e. The van der Waals surface area contributed by atoms with Gasteiger partial charge in [-0.15, -0.1) is 5.10 Å². The van der Waals surface area contributed by atoms with E-state index in [2.05, 4.69) is 23.8 Å². The predicted octanol–water partition coefficient (Wildman–Crippen LogP) is 1.68. The van der Waals surface area contributed by atoms with E-state index in [9.17, 15) is 4.79 Å². The van der Waals surface area contributed by atoms with E-state index in [-0.39, 0.29) is 5.78 Å². The molecule has 0 fully saturated rings. The van der Waals surface area contributed by atoms with Gasteiger partial charge in [-0.3, -0.25) is 4.79 Å². The first kappa shape index (κ1) is 9.12. The molecule has 2 rings (SSSR count). The van der Waals surface area contributed by atoms with Gasteiger partial charge in [0.1, 0.15) is 0 Å². The second-order valence-electron chi connectivity index (χ2n) is 3.54. The highest BCUT2D eigenvalue weighted by atomic mass is 16.1. The van der Waals surface area contributed by atoms with Gasteiger partial charge in [0.15, 0.2) is 11.5 Å². The largest absolute Gasteiger partial charge is 0.292 e. The number of carbonyl (C=O) groups excluding carboxylic acids is 1. The van der Waals surface area contributed by atoms with E-state index in [1.165, 1.54) is 0 Å². The lowest BCUT2D eigenvalue weighted by atomic mass is 9.95. The maximum atomic E-state index is 11.5. The number of hydrogen-bond acceptors (Lipinski definition) is 3. The molecule has 0 aromatic carbocycles. The molecule has 0 amide bonds. The van der Waals surface area contributed by atoms with Gasteiger partial charge < -0.3 is 0 Å². The summed E-state index contributed by atoms with van der Waals surface area (Å²) in [6.07, 6.45) is 2.25. The van der Waals surface area contributed by atoms with E-state index in [0.29, 0.717) is 12.1 Å². The van der Waals surface area contributed by atoms with Crippen molar-refractivity contribution in [3.63, 3.8) is 0 Å². The molecule has 0 radical (unpaired) electrons. The Morgan fingerprint density at radius 3 is 3.00 bits per heavy atom. The lowest BCUT2D eigenvalue weighted by molar-refractivity contribution is 0.0975. The monoisotopic (exact) mass is 191 g/mol. The quantitative estimate of drug-likeness (QED) is 0.714. The van der Waals surface area contributed by atoms with E-state index in [4.69, 9.17) is 0 Å². The third kappa shape index (κ3) is 1.27. The van der Waals surface area contributed by atoms with Gasteiger partial charge in [0.05, 0.1) is 5.69 Å². The number of nitrogens with zero attached hydrogens (tertiary/aromatic N) is 3. The highest BCUT2D eigenvalue weighted by Gasteiger charge is 2.25. The topological polar surface area (TPSA) is 47.8 Å². The van der Waals surface area contributed by atoms with Crippen molar-refractivity contribution in [1.29, 1.82) is 0 Å². The van der Waals surface area contributed by atoms with Crippen LogP contribution in [0, 0.1) is 0 Å². The van der Waals surface area contributed by atoms with Crippen LogP contribution in [0.3, 0.4) is 0 Å². The van der Waals surface area contributed by atoms with E-state index < -0.39 is 0 Å². The summed E-state index contributed by atoms with van der Waals surface area (Å²) in [6.45, 7) is 6.82. The van der Waals surface area contributed by atoms with E-state index in [1.54, 1.807) is 4.68 Å². The van der Waals surface area contributed by atoms with Crippen molar-refractivity contribution in [3.05, 3.63) is 18.0 Å². The Kier molecular flexibility index (Phi) is 2.19. The molecule has 1 aromatic heterocycles. The van der Waals surface area contributed by atoms with Gasteiger partial charge in [-0.2, -0.15) is 0 Å². The molecule has 1 heterocycles. The van der Waals surface area contributed by atoms with Crippen molar-refractivity contribution < 1.29 is 4.79 Å². The number of aromatic nitrogens is 3. The first-order valence-electron chi connectivity index (χ1n) is 4.89. The van der Waals surface area contributed by atoms with Gasteiger partial charge in [0.2, 0.25) is 0 Å². The van der Waals surface area contributed by atoms with Crippen LogP contribution in [0.1, 0.15) is 42.4 Å². The molecule has 0 saturated heterocycles. The number of aryl methyl sites for hydroxylation is 1. The summed E-state index contributed by atoms with van der Waals surface area (Å²) in [5.41, 5.74) is 2.34. The third-order valence-corrected chi connectivity index (χ3v) is 2.42. The van der Waals surface area contributed by atoms with Crippen LogP contribution in [-0.2, 0) is 6.54 Å². The first-order chi connectivity index (χ1) is 6.74. The summed E-state index contributed by atoms with van der Waals surface area (Å²) in [4.78, 5) is 11.5. The predicted molar refractivity (Wildman–Crippen MR) is 52.9 cm³/mol. The molecule has 0 unspecified atom stereocenters. The molecule has 1 aliphatic rings. The summed E-state index contributed by atoms with van der Waals surface area (Å²) >= 11 is 0. The minimum Gasteiger partial charge on any atom is -0.292 e. The second-order valence-corrected chi connectivity index (χ2v) is 3.54. The summed E-state index contributed by atoms with van der Waals surface area (Å²) in [5.74, 6) is 0.0924. The Morgan fingerprint density at radius 1 is 1.50 bits per heavy atom. The number of Topliss-reactive ketones (excluding diaryl/α,β-unsaturated/α-hetero) is 1. The number of fused-ring (bicyclic) bond motifs is 1. The minimum atomic E-state index is 0.0924. The van der Waals surface area contributed by atoms with Gasteiger partial charge >= 0.3 is 0 Å². The SMILES string of the molecule is C=C1CCC(=O)c2nnn(CCC)c21. The number of rotatable bonds is 2. The lowest BCUT2D eigenvalue weighted by Gasteiger charge is -2.13. The zero-order valence-corrected chi connectivity index (χ0v) is 8.29. The molecule has 0 aliphatic heterocycles. The average Bonchev–Trinajstić information content (AvgIpc) is 2.58. The molecule has 1 aliphatic carbocycles. The van der Waals surface area contributed by atoms with Crippen LogP contribution in [0.5, 0.6) is 0 Å². The molecule has 4 nitrogen and oxygen atoms in total. The zero-order valence-electron chi connectivity index (χ0n) is 8.29. The lowest BCUT2D eigenvalue weighted by Crippen LogP contribution is -2.12. The van der Waals surface area contributed by atoms with Gasteiger partial charge in [0.25, 0.3) is 0 Å². The molecule has 0 bridgehead atoms. The van der Waals surface area contributed by atoms with Crippen molar-refractivity contribution in [2.24, 2.45) is 0 Å². The average molecular weight is 191 g/mol. The molecular weight excluding hydrogens is 178 g/mol. The van der Waals surface area contributed by atoms with Gasteiger partial charge in [-0.25, -0.2) is 4.68 Å². The van der Waals surface area contributed by atoms with E-state index in [0.717, 1.165) is 30.7 Å². The van der Waals surface area contributed by atoms with Crippen molar-refractivity contribution in [3.8, 4) is 0 Å². The molecule has 0 saturated carbocycles. The number of allylic oxidation sites excluding steroid dienone is 1. The fraction of sp³-hybridized carbons (Fsp3) is 0.500. The molecule has 0 spiro atoms. The zero-order chi connectivity index (χ0) is 10.1. The summed E-state index contributed by atoms with van der Waals surface area (Å²) in [7, 11) is 0. The summed E-state index contributed by atoms with van der Waals surface area (Å²) < 4.78 is 1.79. The Labute approximate surface area is 82.6 Å². The van der Waals surface area contributed by atoms with E-state index in [1.807, 2.05) is 0 Å². The Balaban J connectivity index is 2.48. The number of hydrogen-bond donors (Lipinski definition) is 0. The smallest absolute Gasteiger partial charge is 0.185 e. The molecule has 0 atom stereocenters. The van der Waals surface area contributed by atoms with Gasteiger partial charge in [-0.1, -0.05) is 18.7 Å². The molecular formula is C10H13N3O. The van der Waals surface area contributed by atoms with Crippen LogP contribution >= 0.6 is 0 Å². The van der Waals surface area contributed by atoms with Crippen LogP contribution in [0.15, 0.2) is 6.58 Å². The highest BCUT2D eigenvalue weighted by molar-refractivity contribution is 6.01. The van der Waals surface area contributed by atoms with Crippen molar-refractivity contribution in [2.45, 2.75) is 32.7 Å². The molecule has 14 heavy (non-hydrogen) atoms. The van der Waals surface area contributed by atoms with Gasteiger partial charge in [0, 0.05) is 13.0 Å². The van der Waals surface area contributed by atoms with Crippen LogP contribution in [0.4, 0.5) is 0 Å².